The minimum Gasteiger partial charge on any atom is -0.305 e. The minimum absolute atomic E-state index is 0.0181. The van der Waals surface area contributed by atoms with Gasteiger partial charge in [-0.2, -0.15) is 0 Å². The molecule has 0 bridgehead atoms. The molecule has 0 saturated heterocycles. The highest BCUT2D eigenvalue weighted by molar-refractivity contribution is 5.87. The molecule has 0 aliphatic carbocycles. The van der Waals surface area contributed by atoms with Gasteiger partial charge in [-0.05, 0) is 32.3 Å². The Morgan fingerprint density at radius 1 is 1.15 bits per heavy atom. The van der Waals surface area contributed by atoms with E-state index in [2.05, 4.69) is 15.0 Å². The fraction of sp³-hybridized carbons (Fsp3) is 0.200. The van der Waals surface area contributed by atoms with Crippen LogP contribution in [0.25, 0.3) is 21.9 Å². The number of hydrogen-bond donors (Lipinski definition) is 0. The Hall–Kier alpha value is -2.40. The summed E-state index contributed by atoms with van der Waals surface area (Å²) in [6.07, 6.45) is 4.99. The average Bonchev–Trinajstić information content (AvgIpc) is 2.55. The van der Waals surface area contributed by atoms with Crippen molar-refractivity contribution in [2.45, 2.75) is 6.54 Å². The second-order valence-corrected chi connectivity index (χ2v) is 4.92. The zero-order valence-corrected chi connectivity index (χ0v) is 11.4. The van der Waals surface area contributed by atoms with Gasteiger partial charge in [-0.25, -0.2) is 9.97 Å². The summed E-state index contributed by atoms with van der Waals surface area (Å²) in [5.41, 5.74) is 1.86. The van der Waals surface area contributed by atoms with Crippen LogP contribution in [0.4, 0.5) is 0 Å². The molecule has 0 amide bonds. The zero-order valence-electron chi connectivity index (χ0n) is 11.4. The minimum atomic E-state index is -0.0181. The Kier molecular flexibility index (Phi) is 3.12. The largest absolute Gasteiger partial charge is 0.305 e. The molecule has 0 spiro atoms. The third-order valence-electron chi connectivity index (χ3n) is 3.13. The first kappa shape index (κ1) is 12.6. The fourth-order valence-corrected chi connectivity index (χ4v) is 2.27. The molecule has 0 atom stereocenters. The van der Waals surface area contributed by atoms with Crippen molar-refractivity contribution in [1.82, 2.24) is 19.9 Å². The van der Waals surface area contributed by atoms with E-state index in [4.69, 9.17) is 0 Å². The highest BCUT2D eigenvalue weighted by Gasteiger charge is 2.11. The maximum atomic E-state index is 12.8. The molecule has 20 heavy (non-hydrogen) atoms. The van der Waals surface area contributed by atoms with E-state index in [0.29, 0.717) is 23.1 Å². The van der Waals surface area contributed by atoms with Gasteiger partial charge in [0.15, 0.2) is 11.1 Å². The van der Waals surface area contributed by atoms with Crippen molar-refractivity contribution >= 4 is 21.9 Å². The van der Waals surface area contributed by atoms with Crippen LogP contribution in [0.1, 0.15) is 5.56 Å². The van der Waals surface area contributed by atoms with Crippen LogP contribution in [0.2, 0.25) is 0 Å². The van der Waals surface area contributed by atoms with Gasteiger partial charge in [-0.1, -0.05) is 0 Å². The topological polar surface area (TPSA) is 59.0 Å². The van der Waals surface area contributed by atoms with E-state index in [1.165, 1.54) is 0 Å². The van der Waals surface area contributed by atoms with Gasteiger partial charge in [-0.15, -0.1) is 0 Å². The summed E-state index contributed by atoms with van der Waals surface area (Å²) in [5, 5.41) is 1.37. The van der Waals surface area contributed by atoms with Crippen LogP contribution < -0.4 is 5.43 Å². The van der Waals surface area contributed by atoms with Crippen molar-refractivity contribution in [3.05, 3.63) is 52.6 Å². The molecule has 3 rings (SSSR count). The number of rotatable bonds is 2. The second-order valence-electron chi connectivity index (χ2n) is 4.92. The van der Waals surface area contributed by atoms with Crippen LogP contribution in [0.3, 0.4) is 0 Å². The monoisotopic (exact) mass is 266 g/mol. The van der Waals surface area contributed by atoms with Crippen molar-refractivity contribution in [1.29, 1.82) is 0 Å². The molecule has 0 fully saturated rings. The van der Waals surface area contributed by atoms with E-state index in [1.54, 1.807) is 30.7 Å². The predicted octanol–water partition coefficient (Wildman–Crippen LogP) is 1.60. The summed E-state index contributed by atoms with van der Waals surface area (Å²) in [4.78, 5) is 27.5. The lowest BCUT2D eigenvalue weighted by Gasteiger charge is -2.08. The van der Waals surface area contributed by atoms with Gasteiger partial charge < -0.3 is 4.90 Å². The first-order valence-corrected chi connectivity index (χ1v) is 6.33. The number of hydrogen-bond acceptors (Lipinski definition) is 5. The smallest absolute Gasteiger partial charge is 0.194 e. The molecular formula is C15H14N4O. The van der Waals surface area contributed by atoms with Crippen LogP contribution in [0.15, 0.2) is 41.6 Å². The molecule has 0 aliphatic rings. The lowest BCUT2D eigenvalue weighted by atomic mass is 10.1. The van der Waals surface area contributed by atoms with Crippen LogP contribution in [0, 0.1) is 0 Å². The Morgan fingerprint density at radius 2 is 2.00 bits per heavy atom. The van der Waals surface area contributed by atoms with Gasteiger partial charge in [-0.3, -0.25) is 9.78 Å². The Labute approximate surface area is 115 Å². The second kappa shape index (κ2) is 4.94. The molecule has 100 valence electrons. The average molecular weight is 266 g/mol. The molecule has 3 aromatic heterocycles. The van der Waals surface area contributed by atoms with Crippen molar-refractivity contribution < 1.29 is 0 Å². The molecule has 3 aromatic rings. The first-order valence-electron chi connectivity index (χ1n) is 6.33. The van der Waals surface area contributed by atoms with E-state index in [0.717, 1.165) is 10.9 Å². The fourth-order valence-electron chi connectivity index (χ4n) is 2.27. The summed E-state index contributed by atoms with van der Waals surface area (Å²) in [7, 11) is 3.88. The van der Waals surface area contributed by atoms with Crippen molar-refractivity contribution in [3.63, 3.8) is 0 Å². The molecule has 5 nitrogen and oxygen atoms in total. The molecule has 0 N–H and O–H groups in total. The summed E-state index contributed by atoms with van der Waals surface area (Å²) in [6, 6.07) is 5.36. The Bertz CT molecular complexity index is 845. The number of nitrogens with zero attached hydrogens (tertiary/aromatic N) is 4. The molecule has 5 heteroatoms. The van der Waals surface area contributed by atoms with E-state index in [9.17, 15) is 4.79 Å². The van der Waals surface area contributed by atoms with Gasteiger partial charge >= 0.3 is 0 Å². The maximum absolute atomic E-state index is 12.8. The quantitative estimate of drug-likeness (QED) is 0.705. The van der Waals surface area contributed by atoms with E-state index in [1.807, 2.05) is 25.1 Å². The number of fused-ring (bicyclic) bond motifs is 2. The van der Waals surface area contributed by atoms with Crippen LogP contribution in [-0.2, 0) is 6.54 Å². The summed E-state index contributed by atoms with van der Waals surface area (Å²) >= 11 is 0. The summed E-state index contributed by atoms with van der Waals surface area (Å²) < 4.78 is 0. The molecule has 0 saturated carbocycles. The van der Waals surface area contributed by atoms with Crippen molar-refractivity contribution in [2.75, 3.05) is 14.1 Å². The van der Waals surface area contributed by atoms with E-state index < -0.39 is 0 Å². The third kappa shape index (κ3) is 2.12. The van der Waals surface area contributed by atoms with E-state index >= 15 is 0 Å². The maximum Gasteiger partial charge on any atom is 0.194 e. The van der Waals surface area contributed by atoms with Gasteiger partial charge in [0.25, 0.3) is 0 Å². The molecule has 0 unspecified atom stereocenters. The third-order valence-corrected chi connectivity index (χ3v) is 3.13. The number of pyridine rings is 2. The van der Waals surface area contributed by atoms with Gasteiger partial charge in [0.2, 0.25) is 0 Å². The highest BCUT2D eigenvalue weighted by Crippen LogP contribution is 2.16. The summed E-state index contributed by atoms with van der Waals surface area (Å²) in [5.74, 6) is 0. The molecule has 0 radical (unpaired) electrons. The SMILES string of the molecule is CN(C)Cc1c(=O)c2cccnc2nc2cnccc12. The summed E-state index contributed by atoms with van der Waals surface area (Å²) in [6.45, 7) is 0.555. The molecule has 3 heterocycles. The van der Waals surface area contributed by atoms with Crippen LogP contribution >= 0.6 is 0 Å². The normalized spacial score (nSPS) is 11.3. The van der Waals surface area contributed by atoms with Crippen molar-refractivity contribution in [3.8, 4) is 0 Å². The molecule has 0 aliphatic heterocycles. The van der Waals surface area contributed by atoms with Crippen LogP contribution in [0.5, 0.6) is 0 Å². The Balaban J connectivity index is 2.54. The van der Waals surface area contributed by atoms with E-state index in [-0.39, 0.29) is 5.43 Å². The lowest BCUT2D eigenvalue weighted by molar-refractivity contribution is 0.403. The van der Waals surface area contributed by atoms with Gasteiger partial charge in [0.1, 0.15) is 0 Å². The molecule has 0 aromatic carbocycles. The van der Waals surface area contributed by atoms with Crippen LogP contribution in [-0.4, -0.2) is 33.9 Å². The standard InChI is InChI=1S/C15H14N4O/c1-19(2)9-12-10-5-7-16-8-13(10)18-15-11(14(12)20)4-3-6-17-15/h3-8H,9H2,1-2H3. The van der Waals surface area contributed by atoms with Gasteiger partial charge in [0, 0.05) is 29.9 Å². The molecular weight excluding hydrogens is 252 g/mol. The predicted molar refractivity (Wildman–Crippen MR) is 78.5 cm³/mol. The number of aromatic nitrogens is 3. The van der Waals surface area contributed by atoms with Crippen molar-refractivity contribution in [2.24, 2.45) is 0 Å². The Morgan fingerprint density at radius 3 is 2.80 bits per heavy atom. The first-order chi connectivity index (χ1) is 9.66. The highest BCUT2D eigenvalue weighted by atomic mass is 16.1. The lowest BCUT2D eigenvalue weighted by Crippen LogP contribution is -2.17. The zero-order chi connectivity index (χ0) is 14.1. The van der Waals surface area contributed by atoms with Gasteiger partial charge in [0.05, 0.1) is 17.1 Å².